The molecule has 1 aromatic carbocycles. The van der Waals surface area contributed by atoms with Gasteiger partial charge in [-0.2, -0.15) is 0 Å². The van der Waals surface area contributed by atoms with Gasteiger partial charge in [0.05, 0.1) is 6.04 Å². The van der Waals surface area contributed by atoms with Crippen LogP contribution in [0.4, 0.5) is 27.2 Å². The third-order valence-corrected chi connectivity index (χ3v) is 5.27. The molecule has 1 heterocycles. The van der Waals surface area contributed by atoms with Gasteiger partial charge >= 0.3 is 18.4 Å². The van der Waals surface area contributed by atoms with E-state index in [4.69, 9.17) is 0 Å². The van der Waals surface area contributed by atoms with E-state index in [2.05, 4.69) is 15.4 Å². The lowest BCUT2D eigenvalue weighted by molar-refractivity contribution is -0.274. The van der Waals surface area contributed by atoms with Crippen LogP contribution in [0.15, 0.2) is 18.2 Å². The van der Waals surface area contributed by atoms with E-state index in [-0.39, 0.29) is 30.2 Å². The molecule has 1 atom stereocenters. The summed E-state index contributed by atoms with van der Waals surface area (Å²) in [6.07, 6.45) is -1.47. The van der Waals surface area contributed by atoms with Crippen LogP contribution in [-0.2, 0) is 6.54 Å². The molecule has 172 valence electrons. The van der Waals surface area contributed by atoms with Gasteiger partial charge in [-0.3, -0.25) is 0 Å². The van der Waals surface area contributed by atoms with E-state index < -0.39 is 24.0 Å². The molecule has 0 radical (unpaired) electrons. The number of ether oxygens (including phenoxy) is 1. The molecular formula is C20H26F4N4O3. The Morgan fingerprint density at radius 2 is 1.94 bits per heavy atom. The zero-order chi connectivity index (χ0) is 22.6. The van der Waals surface area contributed by atoms with Gasteiger partial charge in [0.25, 0.3) is 0 Å². The van der Waals surface area contributed by atoms with Crippen LogP contribution in [-0.4, -0.2) is 59.9 Å². The van der Waals surface area contributed by atoms with Crippen LogP contribution in [0.25, 0.3) is 0 Å². The number of halogens is 4. The first-order chi connectivity index (χ1) is 14.7. The van der Waals surface area contributed by atoms with Gasteiger partial charge in [0.15, 0.2) is 0 Å². The summed E-state index contributed by atoms with van der Waals surface area (Å²) in [5, 5.41) is 5.43. The molecule has 1 aromatic rings. The topological polar surface area (TPSA) is 73.9 Å². The molecule has 1 saturated heterocycles. The number of hydrogen-bond donors (Lipinski definition) is 2. The van der Waals surface area contributed by atoms with Gasteiger partial charge in [-0.1, -0.05) is 6.07 Å². The van der Waals surface area contributed by atoms with E-state index in [0.717, 1.165) is 37.8 Å². The van der Waals surface area contributed by atoms with Gasteiger partial charge < -0.3 is 25.2 Å². The molecule has 11 heteroatoms. The number of benzene rings is 1. The van der Waals surface area contributed by atoms with Crippen molar-refractivity contribution >= 4 is 12.1 Å². The summed E-state index contributed by atoms with van der Waals surface area (Å²) in [6.45, 7) is 3.08. The normalized spacial score (nSPS) is 19.0. The smallest absolute Gasteiger partial charge is 0.406 e. The third kappa shape index (κ3) is 6.38. The van der Waals surface area contributed by atoms with Crippen molar-refractivity contribution in [3.05, 3.63) is 29.6 Å². The first-order valence-corrected chi connectivity index (χ1v) is 10.3. The summed E-state index contributed by atoms with van der Waals surface area (Å²) < 4.78 is 54.5. The molecule has 7 nitrogen and oxygen atoms in total. The summed E-state index contributed by atoms with van der Waals surface area (Å²) in [7, 11) is 0. The fourth-order valence-electron chi connectivity index (χ4n) is 3.74. The predicted octanol–water partition coefficient (Wildman–Crippen LogP) is 3.59. The van der Waals surface area contributed by atoms with E-state index in [9.17, 15) is 27.2 Å². The number of urea groups is 2. The first kappa shape index (κ1) is 23.0. The highest BCUT2D eigenvalue weighted by molar-refractivity contribution is 5.76. The Hall–Kier alpha value is -2.72. The Labute approximate surface area is 177 Å². The van der Waals surface area contributed by atoms with E-state index in [0.29, 0.717) is 25.7 Å². The molecule has 2 N–H and O–H groups in total. The monoisotopic (exact) mass is 446 g/mol. The third-order valence-electron chi connectivity index (χ3n) is 5.27. The predicted molar refractivity (Wildman–Crippen MR) is 104 cm³/mol. The lowest BCUT2D eigenvalue weighted by Crippen LogP contribution is -2.56. The van der Waals surface area contributed by atoms with Gasteiger partial charge in [0, 0.05) is 43.9 Å². The molecule has 31 heavy (non-hydrogen) atoms. The molecule has 1 aliphatic heterocycles. The van der Waals surface area contributed by atoms with Crippen LogP contribution < -0.4 is 15.4 Å². The number of likely N-dealkylation sites (tertiary alicyclic amines) is 1. The van der Waals surface area contributed by atoms with Gasteiger partial charge in [-0.25, -0.2) is 14.0 Å². The van der Waals surface area contributed by atoms with E-state index in [1.165, 1.54) is 0 Å². The fraction of sp³-hybridized carbons (Fsp3) is 0.600. The molecule has 1 aliphatic carbocycles. The Balaban J connectivity index is 1.56. The highest BCUT2D eigenvalue weighted by Crippen LogP contribution is 2.31. The van der Waals surface area contributed by atoms with Gasteiger partial charge in [-0.15, -0.1) is 13.2 Å². The number of piperidine rings is 1. The lowest BCUT2D eigenvalue weighted by atomic mass is 10.0. The maximum Gasteiger partial charge on any atom is 0.573 e. The van der Waals surface area contributed by atoms with Gasteiger partial charge in [-0.05, 0) is 38.7 Å². The van der Waals surface area contributed by atoms with Crippen LogP contribution in [0.1, 0.15) is 38.2 Å². The standard InChI is InChI=1S/C20H26F4N4O3/c1-2-25-19(30)28(14-6-7-14)15-4-3-9-27(12-15)18(29)26-11-13-5-8-16(10-17(13)21)31-20(22,23)24/h5,8,10,14-15H,2-4,6-7,9,11-12H2,1H3,(H,25,30)(H,26,29)/t15-/m1/s1. The summed E-state index contributed by atoms with van der Waals surface area (Å²) in [5.41, 5.74) is 0.0402. The molecule has 0 bridgehead atoms. The Morgan fingerprint density at radius 1 is 1.19 bits per heavy atom. The van der Waals surface area contributed by atoms with E-state index in [1.54, 1.807) is 4.90 Å². The van der Waals surface area contributed by atoms with Crippen LogP contribution in [0.2, 0.25) is 0 Å². The van der Waals surface area contributed by atoms with E-state index in [1.807, 2.05) is 11.8 Å². The Kier molecular flexibility index (Phi) is 7.11. The average molecular weight is 446 g/mol. The van der Waals surface area contributed by atoms with Gasteiger partial charge in [0.2, 0.25) is 0 Å². The van der Waals surface area contributed by atoms with Crippen molar-refractivity contribution in [1.82, 2.24) is 20.4 Å². The molecule has 0 aromatic heterocycles. The summed E-state index contributed by atoms with van der Waals surface area (Å²) in [4.78, 5) is 28.4. The van der Waals surface area contributed by atoms with Crippen LogP contribution in [0, 0.1) is 5.82 Å². The minimum atomic E-state index is -4.91. The minimum Gasteiger partial charge on any atom is -0.406 e. The largest absolute Gasteiger partial charge is 0.573 e. The zero-order valence-corrected chi connectivity index (χ0v) is 17.2. The first-order valence-electron chi connectivity index (χ1n) is 10.3. The SMILES string of the molecule is CCNC(=O)N(C1CC1)[C@@H]1CCCN(C(=O)NCc2ccc(OC(F)(F)F)cc2F)C1. The van der Waals surface area contributed by atoms with Crippen molar-refractivity contribution in [2.45, 2.75) is 57.6 Å². The molecule has 0 spiro atoms. The van der Waals surface area contributed by atoms with Crippen molar-refractivity contribution in [3.8, 4) is 5.75 Å². The second kappa shape index (κ2) is 9.61. The molecular weight excluding hydrogens is 420 g/mol. The van der Waals surface area contributed by atoms with Crippen molar-refractivity contribution in [2.24, 2.45) is 0 Å². The van der Waals surface area contributed by atoms with Crippen molar-refractivity contribution in [3.63, 3.8) is 0 Å². The number of nitrogens with zero attached hydrogens (tertiary/aromatic N) is 2. The molecule has 1 saturated carbocycles. The lowest BCUT2D eigenvalue weighted by Gasteiger charge is -2.39. The number of carbonyl (C=O) groups is 2. The number of alkyl halides is 3. The average Bonchev–Trinajstić information content (AvgIpc) is 3.51. The van der Waals surface area contributed by atoms with Crippen molar-refractivity contribution in [2.75, 3.05) is 19.6 Å². The quantitative estimate of drug-likeness (QED) is 0.656. The number of hydrogen-bond acceptors (Lipinski definition) is 3. The second-order valence-electron chi connectivity index (χ2n) is 7.68. The molecule has 3 rings (SSSR count). The molecule has 2 aliphatic rings. The summed E-state index contributed by atoms with van der Waals surface area (Å²) in [5.74, 6) is -1.57. The number of rotatable bonds is 6. The highest BCUT2D eigenvalue weighted by Gasteiger charge is 2.39. The maximum atomic E-state index is 14.1. The Morgan fingerprint density at radius 3 is 2.55 bits per heavy atom. The number of nitrogens with one attached hydrogen (secondary N) is 2. The zero-order valence-electron chi connectivity index (χ0n) is 17.2. The van der Waals surface area contributed by atoms with Gasteiger partial charge in [0.1, 0.15) is 11.6 Å². The molecule has 0 unspecified atom stereocenters. The van der Waals surface area contributed by atoms with E-state index >= 15 is 0 Å². The van der Waals surface area contributed by atoms with Crippen LogP contribution in [0.3, 0.4) is 0 Å². The number of carbonyl (C=O) groups excluding carboxylic acids is 2. The number of amides is 4. The maximum absolute atomic E-state index is 14.1. The second-order valence-corrected chi connectivity index (χ2v) is 7.68. The van der Waals surface area contributed by atoms with Crippen molar-refractivity contribution < 1.29 is 31.9 Å². The highest BCUT2D eigenvalue weighted by atomic mass is 19.4. The molecule has 2 fully saturated rings. The summed E-state index contributed by atoms with van der Waals surface area (Å²) >= 11 is 0. The Bertz CT molecular complexity index is 801. The minimum absolute atomic E-state index is 0.0402. The fourth-order valence-corrected chi connectivity index (χ4v) is 3.74. The summed E-state index contributed by atoms with van der Waals surface area (Å²) in [6, 6.07) is 2.34. The van der Waals surface area contributed by atoms with Crippen molar-refractivity contribution in [1.29, 1.82) is 0 Å². The molecule has 4 amide bonds. The van der Waals surface area contributed by atoms with Crippen LogP contribution >= 0.6 is 0 Å². The van der Waals surface area contributed by atoms with Crippen LogP contribution in [0.5, 0.6) is 5.75 Å².